The van der Waals surface area contributed by atoms with Crippen LogP contribution in [0.5, 0.6) is 0 Å². The first-order valence-corrected chi connectivity index (χ1v) is 7.31. The van der Waals surface area contributed by atoms with Gasteiger partial charge < -0.3 is 4.98 Å². The predicted octanol–water partition coefficient (Wildman–Crippen LogP) is 4.85. The molecule has 2 nitrogen and oxygen atoms in total. The van der Waals surface area contributed by atoms with Crippen molar-refractivity contribution in [3.8, 4) is 0 Å². The summed E-state index contributed by atoms with van der Waals surface area (Å²) in [7, 11) is 0. The second-order valence-electron chi connectivity index (χ2n) is 5.68. The minimum absolute atomic E-state index is 0.202. The maximum Gasteiger partial charge on any atom is 0.163 e. The van der Waals surface area contributed by atoms with Gasteiger partial charge in [0.2, 0.25) is 0 Å². The molecule has 2 aromatic carbocycles. The molecule has 1 aromatic heterocycles. The molecule has 106 valence electrons. The highest BCUT2D eigenvalue weighted by Crippen LogP contribution is 2.28. The van der Waals surface area contributed by atoms with Gasteiger partial charge >= 0.3 is 0 Å². The number of ketones is 1. The number of rotatable bonds is 4. The molecular formula is C19H19NO. The van der Waals surface area contributed by atoms with E-state index in [1.54, 1.807) is 0 Å². The zero-order valence-electron chi connectivity index (χ0n) is 12.4. The lowest BCUT2D eigenvalue weighted by Crippen LogP contribution is -2.04. The van der Waals surface area contributed by atoms with Gasteiger partial charge in [0, 0.05) is 29.1 Å². The molecule has 0 saturated carbocycles. The number of Topliss-reactive ketones (excluding diaryl/α,β-unsaturated/α-hetero) is 1. The molecule has 0 saturated heterocycles. The van der Waals surface area contributed by atoms with E-state index in [-0.39, 0.29) is 11.7 Å². The number of aromatic amines is 1. The molecule has 1 heterocycles. The number of hydrogen-bond acceptors (Lipinski definition) is 1. The number of nitrogens with one attached hydrogen (secondary N) is 1. The molecule has 0 aliphatic carbocycles. The molecule has 0 radical (unpaired) electrons. The lowest BCUT2D eigenvalue weighted by atomic mass is 9.93. The van der Waals surface area contributed by atoms with Crippen molar-refractivity contribution in [2.24, 2.45) is 0 Å². The van der Waals surface area contributed by atoms with Crippen LogP contribution in [-0.2, 0) is 0 Å². The number of carbonyl (C=O) groups excluding carboxylic acids is 1. The number of fused-ring (bicyclic) bond motifs is 1. The van der Waals surface area contributed by atoms with Gasteiger partial charge in [0.25, 0.3) is 0 Å². The lowest BCUT2D eigenvalue weighted by Gasteiger charge is -2.10. The zero-order chi connectivity index (χ0) is 14.8. The number of H-pyrrole nitrogens is 1. The fourth-order valence-electron chi connectivity index (χ4n) is 2.75. The van der Waals surface area contributed by atoms with E-state index in [4.69, 9.17) is 0 Å². The Labute approximate surface area is 124 Å². The van der Waals surface area contributed by atoms with Gasteiger partial charge in [-0.05, 0) is 24.5 Å². The van der Waals surface area contributed by atoms with Gasteiger partial charge in [-0.2, -0.15) is 0 Å². The number of carbonyl (C=O) groups is 1. The number of aryl methyl sites for hydroxylation is 1. The third-order valence-corrected chi connectivity index (χ3v) is 4.02. The topological polar surface area (TPSA) is 32.9 Å². The van der Waals surface area contributed by atoms with Crippen molar-refractivity contribution in [1.29, 1.82) is 0 Å². The Balaban J connectivity index is 1.81. The quantitative estimate of drug-likeness (QED) is 0.679. The van der Waals surface area contributed by atoms with Gasteiger partial charge in [-0.1, -0.05) is 55.0 Å². The van der Waals surface area contributed by atoms with E-state index in [0.717, 1.165) is 11.1 Å². The molecule has 3 rings (SSSR count). The lowest BCUT2D eigenvalue weighted by molar-refractivity contribution is 0.0976. The van der Waals surface area contributed by atoms with E-state index in [1.807, 2.05) is 49.5 Å². The van der Waals surface area contributed by atoms with Gasteiger partial charge in [0.1, 0.15) is 0 Å². The second-order valence-corrected chi connectivity index (χ2v) is 5.68. The van der Waals surface area contributed by atoms with Crippen molar-refractivity contribution in [3.05, 3.63) is 71.4 Å². The predicted molar refractivity (Wildman–Crippen MR) is 86.8 cm³/mol. The van der Waals surface area contributed by atoms with E-state index in [0.29, 0.717) is 6.42 Å². The number of benzene rings is 2. The molecule has 0 fully saturated rings. The Bertz CT molecular complexity index is 768. The number of para-hydroxylation sites is 1. The van der Waals surface area contributed by atoms with Crippen molar-refractivity contribution < 1.29 is 4.79 Å². The highest BCUT2D eigenvalue weighted by atomic mass is 16.1. The summed E-state index contributed by atoms with van der Waals surface area (Å²) in [5.41, 5.74) is 4.32. The zero-order valence-corrected chi connectivity index (χ0v) is 12.4. The summed E-state index contributed by atoms with van der Waals surface area (Å²) in [6, 6.07) is 16.0. The first-order chi connectivity index (χ1) is 10.1. The van der Waals surface area contributed by atoms with Crippen molar-refractivity contribution in [2.45, 2.75) is 26.2 Å². The summed E-state index contributed by atoms with van der Waals surface area (Å²) in [6.07, 6.45) is 2.56. The van der Waals surface area contributed by atoms with Crippen LogP contribution in [0.4, 0.5) is 0 Å². The minimum Gasteiger partial charge on any atom is -0.361 e. The van der Waals surface area contributed by atoms with Crippen LogP contribution in [-0.4, -0.2) is 10.8 Å². The normalized spacial score (nSPS) is 12.5. The summed E-state index contributed by atoms with van der Waals surface area (Å²) in [6.45, 7) is 4.14. The Morgan fingerprint density at radius 1 is 1.10 bits per heavy atom. The van der Waals surface area contributed by atoms with Crippen LogP contribution in [0, 0.1) is 6.92 Å². The average molecular weight is 277 g/mol. The van der Waals surface area contributed by atoms with Crippen molar-refractivity contribution in [3.63, 3.8) is 0 Å². The van der Waals surface area contributed by atoms with Crippen molar-refractivity contribution in [1.82, 2.24) is 4.98 Å². The molecule has 0 bridgehead atoms. The van der Waals surface area contributed by atoms with Crippen molar-refractivity contribution >= 4 is 16.7 Å². The smallest absolute Gasteiger partial charge is 0.163 e. The molecular weight excluding hydrogens is 258 g/mol. The highest BCUT2D eigenvalue weighted by Gasteiger charge is 2.16. The van der Waals surface area contributed by atoms with E-state index in [1.165, 1.54) is 16.5 Å². The number of hydrogen-bond donors (Lipinski definition) is 1. The standard InChI is InChI=1S/C19H19NO/c1-13-7-9-15(10-8-13)19(21)11-14(2)17-12-20-18-6-4-3-5-16(17)18/h3-10,12,14,20H,11H2,1-2H3. The van der Waals surface area contributed by atoms with Crippen LogP contribution in [0.3, 0.4) is 0 Å². The van der Waals surface area contributed by atoms with Gasteiger partial charge in [-0.3, -0.25) is 4.79 Å². The molecule has 0 aliphatic rings. The molecule has 2 heteroatoms. The van der Waals surface area contributed by atoms with Crippen LogP contribution in [0.1, 0.15) is 40.7 Å². The summed E-state index contributed by atoms with van der Waals surface area (Å²) >= 11 is 0. The van der Waals surface area contributed by atoms with Crippen LogP contribution in [0.15, 0.2) is 54.7 Å². The Kier molecular flexibility index (Phi) is 3.61. The maximum absolute atomic E-state index is 12.4. The van der Waals surface area contributed by atoms with Gasteiger partial charge in [-0.15, -0.1) is 0 Å². The molecule has 1 atom stereocenters. The third-order valence-electron chi connectivity index (χ3n) is 4.02. The van der Waals surface area contributed by atoms with Gasteiger partial charge in [0.05, 0.1) is 0 Å². The van der Waals surface area contributed by atoms with Crippen LogP contribution in [0.2, 0.25) is 0 Å². The van der Waals surface area contributed by atoms with Crippen LogP contribution >= 0.6 is 0 Å². The molecule has 1 N–H and O–H groups in total. The van der Waals surface area contributed by atoms with Crippen molar-refractivity contribution in [2.75, 3.05) is 0 Å². The van der Waals surface area contributed by atoms with E-state index < -0.39 is 0 Å². The first-order valence-electron chi connectivity index (χ1n) is 7.31. The monoisotopic (exact) mass is 277 g/mol. The summed E-state index contributed by atoms with van der Waals surface area (Å²) < 4.78 is 0. The molecule has 3 aromatic rings. The largest absolute Gasteiger partial charge is 0.361 e. The molecule has 21 heavy (non-hydrogen) atoms. The summed E-state index contributed by atoms with van der Waals surface area (Å²) in [4.78, 5) is 15.7. The SMILES string of the molecule is Cc1ccc(C(=O)CC(C)c2c[nH]c3ccccc23)cc1. The van der Waals surface area contributed by atoms with E-state index in [9.17, 15) is 4.79 Å². The van der Waals surface area contributed by atoms with Gasteiger partial charge in [-0.25, -0.2) is 0 Å². The summed E-state index contributed by atoms with van der Waals surface area (Å²) in [5, 5.41) is 1.21. The van der Waals surface area contributed by atoms with E-state index >= 15 is 0 Å². The maximum atomic E-state index is 12.4. The Hall–Kier alpha value is -2.35. The average Bonchev–Trinajstić information content (AvgIpc) is 2.92. The highest BCUT2D eigenvalue weighted by molar-refractivity contribution is 5.97. The Morgan fingerprint density at radius 2 is 1.81 bits per heavy atom. The van der Waals surface area contributed by atoms with E-state index in [2.05, 4.69) is 24.0 Å². The number of aromatic nitrogens is 1. The molecule has 0 aliphatic heterocycles. The fraction of sp³-hybridized carbons (Fsp3) is 0.211. The molecule has 0 amide bonds. The van der Waals surface area contributed by atoms with Crippen LogP contribution < -0.4 is 0 Å². The Morgan fingerprint density at radius 3 is 2.57 bits per heavy atom. The minimum atomic E-state index is 0.202. The third kappa shape index (κ3) is 2.75. The first kappa shape index (κ1) is 13.6. The molecule has 0 spiro atoms. The van der Waals surface area contributed by atoms with Crippen LogP contribution in [0.25, 0.3) is 10.9 Å². The summed E-state index contributed by atoms with van der Waals surface area (Å²) in [5.74, 6) is 0.405. The second kappa shape index (κ2) is 5.57. The van der Waals surface area contributed by atoms with Gasteiger partial charge in [0.15, 0.2) is 5.78 Å². The molecule has 1 unspecified atom stereocenters. The fourth-order valence-corrected chi connectivity index (χ4v) is 2.75.